The lowest BCUT2D eigenvalue weighted by atomic mass is 10.1. The molecule has 1 amide bonds. The molecule has 0 fully saturated rings. The van der Waals surface area contributed by atoms with Crippen molar-refractivity contribution in [1.29, 1.82) is 0 Å². The predicted molar refractivity (Wildman–Crippen MR) is 87.0 cm³/mol. The van der Waals surface area contributed by atoms with Gasteiger partial charge < -0.3 is 5.32 Å². The van der Waals surface area contributed by atoms with E-state index in [0.29, 0.717) is 17.1 Å². The van der Waals surface area contributed by atoms with E-state index in [4.69, 9.17) is 0 Å². The minimum absolute atomic E-state index is 0.0689. The summed E-state index contributed by atoms with van der Waals surface area (Å²) in [6.07, 6.45) is 0.979. The molecule has 110 valence electrons. The SMILES string of the molecule is CCc1ccc(NC(=O)CSCc2ccccc2F)cc1. The van der Waals surface area contributed by atoms with Gasteiger partial charge in [-0.05, 0) is 35.7 Å². The maximum atomic E-state index is 13.4. The number of carbonyl (C=O) groups is 1. The van der Waals surface area contributed by atoms with E-state index in [2.05, 4.69) is 12.2 Å². The zero-order valence-electron chi connectivity index (χ0n) is 11.9. The van der Waals surface area contributed by atoms with Crippen LogP contribution < -0.4 is 5.32 Å². The van der Waals surface area contributed by atoms with Crippen LogP contribution in [-0.4, -0.2) is 11.7 Å². The zero-order chi connectivity index (χ0) is 15.1. The molecule has 21 heavy (non-hydrogen) atoms. The highest BCUT2D eigenvalue weighted by Crippen LogP contribution is 2.16. The van der Waals surface area contributed by atoms with E-state index < -0.39 is 0 Å². The molecule has 0 aliphatic rings. The molecule has 0 aliphatic carbocycles. The van der Waals surface area contributed by atoms with Crippen LogP contribution in [0.1, 0.15) is 18.1 Å². The first kappa shape index (κ1) is 15.6. The van der Waals surface area contributed by atoms with Crippen LogP contribution in [0.4, 0.5) is 10.1 Å². The van der Waals surface area contributed by atoms with Crippen LogP contribution in [0.3, 0.4) is 0 Å². The Labute approximate surface area is 128 Å². The van der Waals surface area contributed by atoms with Crippen molar-refractivity contribution in [3.63, 3.8) is 0 Å². The fraction of sp³-hybridized carbons (Fsp3) is 0.235. The molecule has 2 nitrogen and oxygen atoms in total. The van der Waals surface area contributed by atoms with Gasteiger partial charge in [0.2, 0.25) is 5.91 Å². The van der Waals surface area contributed by atoms with Crippen molar-refractivity contribution in [2.75, 3.05) is 11.1 Å². The molecule has 0 radical (unpaired) electrons. The number of hydrogen-bond acceptors (Lipinski definition) is 2. The largest absolute Gasteiger partial charge is 0.325 e. The molecule has 0 saturated heterocycles. The molecule has 1 N–H and O–H groups in total. The summed E-state index contributed by atoms with van der Waals surface area (Å²) in [4.78, 5) is 11.8. The first-order valence-electron chi connectivity index (χ1n) is 6.89. The fourth-order valence-electron chi connectivity index (χ4n) is 1.89. The summed E-state index contributed by atoms with van der Waals surface area (Å²) < 4.78 is 13.4. The normalized spacial score (nSPS) is 10.4. The van der Waals surface area contributed by atoms with Crippen molar-refractivity contribution >= 4 is 23.4 Å². The minimum Gasteiger partial charge on any atom is -0.325 e. The van der Waals surface area contributed by atoms with E-state index in [-0.39, 0.29) is 11.7 Å². The van der Waals surface area contributed by atoms with Crippen molar-refractivity contribution in [3.8, 4) is 0 Å². The van der Waals surface area contributed by atoms with E-state index in [9.17, 15) is 9.18 Å². The van der Waals surface area contributed by atoms with Crippen molar-refractivity contribution in [2.24, 2.45) is 0 Å². The summed E-state index contributed by atoms with van der Waals surface area (Å²) in [6, 6.07) is 14.4. The predicted octanol–water partition coefficient (Wildman–Crippen LogP) is 4.26. The number of benzene rings is 2. The minimum atomic E-state index is -0.222. The fourth-order valence-corrected chi connectivity index (χ4v) is 2.70. The second-order valence-electron chi connectivity index (χ2n) is 4.68. The monoisotopic (exact) mass is 303 g/mol. The number of nitrogens with one attached hydrogen (secondary N) is 1. The van der Waals surface area contributed by atoms with Gasteiger partial charge in [0.05, 0.1) is 5.75 Å². The average molecular weight is 303 g/mol. The van der Waals surface area contributed by atoms with Crippen molar-refractivity contribution < 1.29 is 9.18 Å². The quantitative estimate of drug-likeness (QED) is 0.864. The van der Waals surface area contributed by atoms with Gasteiger partial charge in [0.1, 0.15) is 5.82 Å². The number of aryl methyl sites for hydroxylation is 1. The Balaban J connectivity index is 1.78. The summed E-state index contributed by atoms with van der Waals surface area (Å²) in [5, 5.41) is 2.84. The standard InChI is InChI=1S/C17H18FNOS/c1-2-13-7-9-15(10-8-13)19-17(20)12-21-11-14-5-3-4-6-16(14)18/h3-10H,2,11-12H2,1H3,(H,19,20). The number of rotatable bonds is 6. The Morgan fingerprint density at radius 3 is 2.52 bits per heavy atom. The van der Waals surface area contributed by atoms with Crippen LogP contribution in [0.2, 0.25) is 0 Å². The van der Waals surface area contributed by atoms with Gasteiger partial charge in [0, 0.05) is 11.4 Å². The van der Waals surface area contributed by atoms with Crippen LogP contribution in [-0.2, 0) is 17.0 Å². The molecule has 2 aromatic rings. The van der Waals surface area contributed by atoms with Gasteiger partial charge in [-0.2, -0.15) is 0 Å². The van der Waals surface area contributed by atoms with Gasteiger partial charge in [-0.15, -0.1) is 11.8 Å². The molecule has 0 aliphatic heterocycles. The lowest BCUT2D eigenvalue weighted by Crippen LogP contribution is -2.14. The van der Waals surface area contributed by atoms with Gasteiger partial charge in [-0.3, -0.25) is 4.79 Å². The van der Waals surface area contributed by atoms with E-state index in [0.717, 1.165) is 12.1 Å². The van der Waals surface area contributed by atoms with Crippen molar-refractivity contribution in [1.82, 2.24) is 0 Å². The molecule has 0 aromatic heterocycles. The number of carbonyl (C=O) groups excluding carboxylic acids is 1. The topological polar surface area (TPSA) is 29.1 Å². The average Bonchev–Trinajstić information content (AvgIpc) is 2.50. The lowest BCUT2D eigenvalue weighted by Gasteiger charge is -2.06. The van der Waals surface area contributed by atoms with Crippen LogP contribution in [0.5, 0.6) is 0 Å². The van der Waals surface area contributed by atoms with E-state index in [1.807, 2.05) is 24.3 Å². The second-order valence-corrected chi connectivity index (χ2v) is 5.67. The molecule has 0 bridgehead atoms. The van der Waals surface area contributed by atoms with Crippen LogP contribution >= 0.6 is 11.8 Å². The molecule has 2 rings (SSSR count). The van der Waals surface area contributed by atoms with E-state index in [1.54, 1.807) is 18.2 Å². The summed E-state index contributed by atoms with van der Waals surface area (Å²) in [6.45, 7) is 2.09. The lowest BCUT2D eigenvalue weighted by molar-refractivity contribution is -0.113. The highest BCUT2D eigenvalue weighted by atomic mass is 32.2. The van der Waals surface area contributed by atoms with Crippen molar-refractivity contribution in [3.05, 3.63) is 65.5 Å². The van der Waals surface area contributed by atoms with Gasteiger partial charge in [-0.1, -0.05) is 37.3 Å². The Morgan fingerprint density at radius 2 is 1.86 bits per heavy atom. The molecule has 2 aromatic carbocycles. The molecular weight excluding hydrogens is 285 g/mol. The molecule has 0 atom stereocenters. The first-order valence-corrected chi connectivity index (χ1v) is 8.04. The van der Waals surface area contributed by atoms with Crippen LogP contribution in [0.15, 0.2) is 48.5 Å². The van der Waals surface area contributed by atoms with Crippen LogP contribution in [0, 0.1) is 5.82 Å². The number of halogens is 1. The van der Waals surface area contributed by atoms with Gasteiger partial charge in [-0.25, -0.2) is 4.39 Å². The van der Waals surface area contributed by atoms with E-state index >= 15 is 0 Å². The molecule has 4 heteroatoms. The number of amides is 1. The number of anilines is 1. The van der Waals surface area contributed by atoms with Gasteiger partial charge >= 0.3 is 0 Å². The van der Waals surface area contributed by atoms with Crippen molar-refractivity contribution in [2.45, 2.75) is 19.1 Å². The third-order valence-electron chi connectivity index (χ3n) is 3.09. The van der Waals surface area contributed by atoms with E-state index in [1.165, 1.54) is 23.4 Å². The summed E-state index contributed by atoms with van der Waals surface area (Å²) in [7, 11) is 0. The second kappa shape index (κ2) is 7.84. The van der Waals surface area contributed by atoms with Crippen LogP contribution in [0.25, 0.3) is 0 Å². The van der Waals surface area contributed by atoms with Gasteiger partial charge in [0.25, 0.3) is 0 Å². The molecule has 0 spiro atoms. The Bertz CT molecular complexity index is 598. The Morgan fingerprint density at radius 1 is 1.14 bits per heavy atom. The molecule has 0 heterocycles. The summed E-state index contributed by atoms with van der Waals surface area (Å²) >= 11 is 1.40. The Hall–Kier alpha value is -1.81. The molecule has 0 saturated carbocycles. The third-order valence-corrected chi connectivity index (χ3v) is 4.08. The number of thioether (sulfide) groups is 1. The zero-order valence-corrected chi connectivity index (χ0v) is 12.8. The molecule has 0 unspecified atom stereocenters. The number of hydrogen-bond donors (Lipinski definition) is 1. The summed E-state index contributed by atoms with van der Waals surface area (Å²) in [5.41, 5.74) is 2.66. The smallest absolute Gasteiger partial charge is 0.234 e. The maximum Gasteiger partial charge on any atom is 0.234 e. The highest BCUT2D eigenvalue weighted by molar-refractivity contribution is 7.99. The molecular formula is C17H18FNOS. The Kier molecular flexibility index (Phi) is 5.81. The first-order chi connectivity index (χ1) is 10.2. The van der Waals surface area contributed by atoms with Gasteiger partial charge in [0.15, 0.2) is 0 Å². The summed E-state index contributed by atoms with van der Waals surface area (Å²) in [5.74, 6) is 0.514. The highest BCUT2D eigenvalue weighted by Gasteiger charge is 2.05. The third kappa shape index (κ3) is 4.90. The maximum absolute atomic E-state index is 13.4.